The predicted molar refractivity (Wildman–Crippen MR) is 82.8 cm³/mol. The Kier molecular flexibility index (Phi) is 5.32. The van der Waals surface area contributed by atoms with Crippen molar-refractivity contribution in [2.24, 2.45) is 0 Å². The zero-order valence-corrected chi connectivity index (χ0v) is 12.0. The second kappa shape index (κ2) is 7.43. The average Bonchev–Trinajstić information content (AvgIpc) is 2.52. The third kappa shape index (κ3) is 4.60. The van der Waals surface area contributed by atoms with Crippen LogP contribution in [0.5, 0.6) is 0 Å². The number of benzene rings is 2. The predicted octanol–water partition coefficient (Wildman–Crippen LogP) is 3.58. The molecule has 0 saturated carbocycles. The van der Waals surface area contributed by atoms with Gasteiger partial charge in [-0.1, -0.05) is 19.1 Å². The minimum Gasteiger partial charge on any atom is -0.381 e. The van der Waals surface area contributed by atoms with Crippen LogP contribution in [0.3, 0.4) is 0 Å². The lowest BCUT2D eigenvalue weighted by atomic mass is 10.1. The Morgan fingerprint density at radius 2 is 1.71 bits per heavy atom. The number of carbonyl (C=O) groups excluding carboxylic acids is 1. The molecule has 0 aliphatic carbocycles. The zero-order chi connectivity index (χ0) is 15.1. The lowest BCUT2D eigenvalue weighted by molar-refractivity contribution is 0.0953. The Labute approximate surface area is 124 Å². The highest BCUT2D eigenvalue weighted by Crippen LogP contribution is 2.12. The van der Waals surface area contributed by atoms with Crippen LogP contribution in [0.1, 0.15) is 29.3 Å². The molecule has 3 nitrogen and oxygen atoms in total. The van der Waals surface area contributed by atoms with Crippen molar-refractivity contribution in [1.29, 1.82) is 0 Å². The van der Waals surface area contributed by atoms with Crippen LogP contribution in [0.2, 0.25) is 0 Å². The largest absolute Gasteiger partial charge is 0.381 e. The molecule has 2 N–H and O–H groups in total. The fourth-order valence-corrected chi connectivity index (χ4v) is 1.89. The number of hydrogen-bond donors (Lipinski definition) is 2. The molecule has 0 atom stereocenters. The topological polar surface area (TPSA) is 41.1 Å². The number of rotatable bonds is 6. The van der Waals surface area contributed by atoms with Gasteiger partial charge in [-0.15, -0.1) is 0 Å². The molecule has 0 bridgehead atoms. The van der Waals surface area contributed by atoms with Crippen LogP contribution in [0, 0.1) is 5.82 Å². The molecule has 0 heterocycles. The van der Waals surface area contributed by atoms with Gasteiger partial charge in [0.15, 0.2) is 0 Å². The summed E-state index contributed by atoms with van der Waals surface area (Å²) in [5.41, 5.74) is 2.57. The number of amides is 1. The summed E-state index contributed by atoms with van der Waals surface area (Å²) in [4.78, 5) is 11.8. The Morgan fingerprint density at radius 3 is 2.33 bits per heavy atom. The third-order valence-electron chi connectivity index (χ3n) is 3.09. The Hall–Kier alpha value is -2.36. The van der Waals surface area contributed by atoms with Crippen LogP contribution in [0.25, 0.3) is 0 Å². The highest BCUT2D eigenvalue weighted by Gasteiger charge is 2.03. The SMILES string of the molecule is CCCNC(=O)c1ccc(NCc2ccc(F)cc2)cc1. The van der Waals surface area contributed by atoms with Gasteiger partial charge in [-0.2, -0.15) is 0 Å². The quantitative estimate of drug-likeness (QED) is 0.852. The fourth-order valence-electron chi connectivity index (χ4n) is 1.89. The fraction of sp³-hybridized carbons (Fsp3) is 0.235. The molecule has 0 radical (unpaired) electrons. The third-order valence-corrected chi connectivity index (χ3v) is 3.09. The van der Waals surface area contributed by atoms with Crippen LogP contribution in [0.4, 0.5) is 10.1 Å². The van der Waals surface area contributed by atoms with Crippen LogP contribution >= 0.6 is 0 Å². The zero-order valence-electron chi connectivity index (χ0n) is 12.0. The van der Waals surface area contributed by atoms with E-state index in [-0.39, 0.29) is 11.7 Å². The first-order chi connectivity index (χ1) is 10.2. The van der Waals surface area contributed by atoms with E-state index in [4.69, 9.17) is 0 Å². The molecule has 0 aliphatic heterocycles. The van der Waals surface area contributed by atoms with E-state index >= 15 is 0 Å². The van der Waals surface area contributed by atoms with E-state index in [0.29, 0.717) is 18.7 Å². The van der Waals surface area contributed by atoms with Crippen molar-refractivity contribution >= 4 is 11.6 Å². The van der Waals surface area contributed by atoms with Crippen LogP contribution < -0.4 is 10.6 Å². The molecule has 2 rings (SSSR count). The molecule has 0 unspecified atom stereocenters. The van der Waals surface area contributed by atoms with E-state index < -0.39 is 0 Å². The van der Waals surface area contributed by atoms with Gasteiger partial charge in [0.2, 0.25) is 0 Å². The molecule has 2 aromatic carbocycles. The number of halogens is 1. The summed E-state index contributed by atoms with van der Waals surface area (Å²) in [7, 11) is 0. The Morgan fingerprint density at radius 1 is 1.05 bits per heavy atom. The highest BCUT2D eigenvalue weighted by atomic mass is 19.1. The summed E-state index contributed by atoms with van der Waals surface area (Å²) in [6, 6.07) is 13.7. The van der Waals surface area contributed by atoms with Crippen molar-refractivity contribution in [3.05, 3.63) is 65.5 Å². The highest BCUT2D eigenvalue weighted by molar-refractivity contribution is 5.94. The first-order valence-electron chi connectivity index (χ1n) is 7.05. The lowest BCUT2D eigenvalue weighted by Gasteiger charge is -2.08. The van der Waals surface area contributed by atoms with E-state index in [1.165, 1.54) is 12.1 Å². The van der Waals surface area contributed by atoms with E-state index in [9.17, 15) is 9.18 Å². The minimum absolute atomic E-state index is 0.0538. The van der Waals surface area contributed by atoms with Crippen molar-refractivity contribution in [1.82, 2.24) is 5.32 Å². The van der Waals surface area contributed by atoms with Crippen molar-refractivity contribution in [3.8, 4) is 0 Å². The normalized spacial score (nSPS) is 10.2. The van der Waals surface area contributed by atoms with Crippen LogP contribution in [-0.4, -0.2) is 12.5 Å². The summed E-state index contributed by atoms with van der Waals surface area (Å²) in [5, 5.41) is 6.07. The molecule has 1 amide bonds. The molecule has 0 spiro atoms. The first kappa shape index (κ1) is 15.0. The number of hydrogen-bond acceptors (Lipinski definition) is 2. The summed E-state index contributed by atoms with van der Waals surface area (Å²) in [6.07, 6.45) is 0.920. The van der Waals surface area contributed by atoms with Crippen LogP contribution in [0.15, 0.2) is 48.5 Å². The van der Waals surface area contributed by atoms with Crippen molar-refractivity contribution < 1.29 is 9.18 Å². The molecular formula is C17H19FN2O. The molecule has 21 heavy (non-hydrogen) atoms. The molecular weight excluding hydrogens is 267 g/mol. The van der Waals surface area contributed by atoms with Gasteiger partial charge < -0.3 is 10.6 Å². The van der Waals surface area contributed by atoms with Gasteiger partial charge in [0, 0.05) is 24.3 Å². The molecule has 0 aliphatic rings. The van der Waals surface area contributed by atoms with Gasteiger partial charge in [0.1, 0.15) is 5.82 Å². The van der Waals surface area contributed by atoms with Crippen molar-refractivity contribution in [3.63, 3.8) is 0 Å². The van der Waals surface area contributed by atoms with E-state index in [1.54, 1.807) is 24.3 Å². The standard InChI is InChI=1S/C17H19FN2O/c1-2-11-19-17(21)14-5-9-16(10-6-14)20-12-13-3-7-15(18)8-4-13/h3-10,20H,2,11-12H2,1H3,(H,19,21). The molecule has 4 heteroatoms. The summed E-state index contributed by atoms with van der Waals surface area (Å²) in [6.45, 7) is 3.31. The Bertz CT molecular complexity index is 579. The van der Waals surface area contributed by atoms with Gasteiger partial charge in [-0.05, 0) is 48.4 Å². The van der Waals surface area contributed by atoms with Gasteiger partial charge in [0.05, 0.1) is 0 Å². The molecule has 0 aromatic heterocycles. The van der Waals surface area contributed by atoms with Gasteiger partial charge in [-0.3, -0.25) is 4.79 Å². The summed E-state index contributed by atoms with van der Waals surface area (Å²) >= 11 is 0. The van der Waals surface area contributed by atoms with Gasteiger partial charge in [-0.25, -0.2) is 4.39 Å². The molecule has 0 fully saturated rings. The smallest absolute Gasteiger partial charge is 0.251 e. The maximum Gasteiger partial charge on any atom is 0.251 e. The molecule has 110 valence electrons. The van der Waals surface area contributed by atoms with Crippen LogP contribution in [-0.2, 0) is 6.54 Å². The maximum atomic E-state index is 12.8. The second-order valence-corrected chi connectivity index (χ2v) is 4.81. The second-order valence-electron chi connectivity index (χ2n) is 4.81. The Balaban J connectivity index is 1.90. The molecule has 0 saturated heterocycles. The average molecular weight is 286 g/mol. The number of nitrogens with one attached hydrogen (secondary N) is 2. The number of anilines is 1. The maximum absolute atomic E-state index is 12.8. The van der Waals surface area contributed by atoms with E-state index in [2.05, 4.69) is 10.6 Å². The number of carbonyl (C=O) groups is 1. The summed E-state index contributed by atoms with van der Waals surface area (Å²) in [5.74, 6) is -0.289. The van der Waals surface area contributed by atoms with E-state index in [0.717, 1.165) is 17.7 Å². The van der Waals surface area contributed by atoms with E-state index in [1.807, 2.05) is 19.1 Å². The van der Waals surface area contributed by atoms with Crippen molar-refractivity contribution in [2.75, 3.05) is 11.9 Å². The molecule has 2 aromatic rings. The lowest BCUT2D eigenvalue weighted by Crippen LogP contribution is -2.23. The monoisotopic (exact) mass is 286 g/mol. The van der Waals surface area contributed by atoms with Gasteiger partial charge in [0.25, 0.3) is 5.91 Å². The van der Waals surface area contributed by atoms with Crippen molar-refractivity contribution in [2.45, 2.75) is 19.9 Å². The summed E-state index contributed by atoms with van der Waals surface area (Å²) < 4.78 is 12.8. The van der Waals surface area contributed by atoms with Gasteiger partial charge >= 0.3 is 0 Å². The minimum atomic E-state index is -0.235. The first-order valence-corrected chi connectivity index (χ1v) is 7.05.